The SMILES string of the molecule is COC(=O)CCNCCn1cc(C(=O)O)nn1. The third kappa shape index (κ3) is 4.60. The summed E-state index contributed by atoms with van der Waals surface area (Å²) in [6.45, 7) is 1.56. The van der Waals surface area contributed by atoms with Crippen LogP contribution in [0.1, 0.15) is 16.9 Å². The summed E-state index contributed by atoms with van der Waals surface area (Å²) in [6.07, 6.45) is 1.65. The third-order valence-electron chi connectivity index (χ3n) is 2.01. The molecule has 1 heterocycles. The van der Waals surface area contributed by atoms with E-state index in [0.717, 1.165) is 0 Å². The molecule has 0 saturated heterocycles. The van der Waals surface area contributed by atoms with E-state index in [1.54, 1.807) is 0 Å². The molecule has 1 aromatic heterocycles. The van der Waals surface area contributed by atoms with Gasteiger partial charge in [-0.15, -0.1) is 5.10 Å². The first-order valence-electron chi connectivity index (χ1n) is 5.04. The Kier molecular flexibility index (Phi) is 5.08. The van der Waals surface area contributed by atoms with Crippen molar-refractivity contribution in [2.75, 3.05) is 20.2 Å². The molecule has 8 nitrogen and oxygen atoms in total. The predicted octanol–water partition coefficient (Wildman–Crippen LogP) is -0.871. The Hall–Kier alpha value is -1.96. The Bertz CT molecular complexity index is 390. The molecule has 0 aliphatic carbocycles. The number of carbonyl (C=O) groups excluding carboxylic acids is 1. The van der Waals surface area contributed by atoms with Crippen molar-refractivity contribution in [1.82, 2.24) is 20.3 Å². The van der Waals surface area contributed by atoms with Crippen molar-refractivity contribution in [1.29, 1.82) is 0 Å². The largest absolute Gasteiger partial charge is 0.476 e. The van der Waals surface area contributed by atoms with Gasteiger partial charge in [-0.05, 0) is 0 Å². The number of aromatic carboxylic acids is 1. The fourth-order valence-electron chi connectivity index (χ4n) is 1.12. The molecule has 17 heavy (non-hydrogen) atoms. The number of hydrogen-bond donors (Lipinski definition) is 2. The first-order valence-corrected chi connectivity index (χ1v) is 5.04. The lowest BCUT2D eigenvalue weighted by Crippen LogP contribution is -2.23. The average Bonchev–Trinajstić information content (AvgIpc) is 2.77. The number of ether oxygens (including phenoxy) is 1. The topological polar surface area (TPSA) is 106 Å². The standard InChI is InChI=1S/C9H14N4O4/c1-17-8(14)2-3-10-4-5-13-6-7(9(15)16)11-12-13/h6,10H,2-5H2,1H3,(H,15,16). The maximum absolute atomic E-state index is 10.8. The van der Waals surface area contributed by atoms with Gasteiger partial charge >= 0.3 is 11.9 Å². The van der Waals surface area contributed by atoms with Gasteiger partial charge in [0.1, 0.15) is 0 Å². The van der Waals surface area contributed by atoms with Gasteiger partial charge in [-0.25, -0.2) is 4.79 Å². The van der Waals surface area contributed by atoms with Gasteiger partial charge in [0.2, 0.25) is 0 Å². The van der Waals surface area contributed by atoms with E-state index in [4.69, 9.17) is 5.11 Å². The first kappa shape index (κ1) is 13.1. The second kappa shape index (κ2) is 6.59. The molecule has 2 N–H and O–H groups in total. The molecule has 8 heteroatoms. The summed E-state index contributed by atoms with van der Waals surface area (Å²) in [5, 5.41) is 18.7. The number of methoxy groups -OCH3 is 1. The van der Waals surface area contributed by atoms with Crippen LogP contribution in [0.4, 0.5) is 0 Å². The Morgan fingerprint density at radius 2 is 2.29 bits per heavy atom. The molecule has 0 saturated carbocycles. The van der Waals surface area contributed by atoms with Gasteiger partial charge in [-0.1, -0.05) is 5.21 Å². The van der Waals surface area contributed by atoms with Gasteiger partial charge in [-0.3, -0.25) is 9.48 Å². The number of rotatable bonds is 7. The van der Waals surface area contributed by atoms with Gasteiger partial charge in [-0.2, -0.15) is 0 Å². The highest BCUT2D eigenvalue weighted by Gasteiger charge is 2.07. The Balaban J connectivity index is 2.18. The van der Waals surface area contributed by atoms with Crippen LogP contribution >= 0.6 is 0 Å². The van der Waals surface area contributed by atoms with E-state index in [9.17, 15) is 9.59 Å². The molecule has 0 amide bonds. The van der Waals surface area contributed by atoms with Crippen LogP contribution in [0, 0.1) is 0 Å². The highest BCUT2D eigenvalue weighted by Crippen LogP contribution is 1.91. The number of hydrogen-bond acceptors (Lipinski definition) is 6. The number of nitrogens with one attached hydrogen (secondary N) is 1. The molecule has 0 aromatic carbocycles. The fourth-order valence-corrected chi connectivity index (χ4v) is 1.12. The fraction of sp³-hybridized carbons (Fsp3) is 0.556. The molecular formula is C9H14N4O4. The van der Waals surface area contributed by atoms with Gasteiger partial charge in [0.05, 0.1) is 26.3 Å². The van der Waals surface area contributed by atoms with Crippen molar-refractivity contribution in [3.8, 4) is 0 Å². The van der Waals surface area contributed by atoms with E-state index in [0.29, 0.717) is 26.1 Å². The smallest absolute Gasteiger partial charge is 0.358 e. The van der Waals surface area contributed by atoms with Crippen LogP contribution in [0.2, 0.25) is 0 Å². The van der Waals surface area contributed by atoms with E-state index >= 15 is 0 Å². The Labute approximate surface area is 97.6 Å². The van der Waals surface area contributed by atoms with Gasteiger partial charge in [0.25, 0.3) is 0 Å². The Morgan fingerprint density at radius 1 is 1.53 bits per heavy atom. The summed E-state index contributed by atoms with van der Waals surface area (Å²) in [7, 11) is 1.34. The normalized spacial score (nSPS) is 10.2. The molecule has 0 spiro atoms. The molecule has 94 valence electrons. The highest BCUT2D eigenvalue weighted by atomic mass is 16.5. The molecule has 1 aromatic rings. The predicted molar refractivity (Wildman–Crippen MR) is 56.5 cm³/mol. The average molecular weight is 242 g/mol. The molecule has 0 radical (unpaired) electrons. The van der Waals surface area contributed by atoms with Crippen LogP contribution in [-0.4, -0.2) is 52.2 Å². The van der Waals surface area contributed by atoms with Gasteiger partial charge < -0.3 is 15.2 Å². The number of carboxylic acids is 1. The zero-order chi connectivity index (χ0) is 12.7. The molecule has 0 bridgehead atoms. The Morgan fingerprint density at radius 3 is 2.88 bits per heavy atom. The monoisotopic (exact) mass is 242 g/mol. The summed E-state index contributed by atoms with van der Waals surface area (Å²) in [4.78, 5) is 21.3. The summed E-state index contributed by atoms with van der Waals surface area (Å²) in [5.41, 5.74) is -0.0837. The van der Waals surface area contributed by atoms with Gasteiger partial charge in [0.15, 0.2) is 5.69 Å². The summed E-state index contributed by atoms with van der Waals surface area (Å²) >= 11 is 0. The lowest BCUT2D eigenvalue weighted by Gasteiger charge is -2.03. The van der Waals surface area contributed by atoms with Crippen LogP contribution in [-0.2, 0) is 16.1 Å². The van der Waals surface area contributed by atoms with E-state index in [-0.39, 0.29) is 11.7 Å². The number of carbonyl (C=O) groups is 2. The highest BCUT2D eigenvalue weighted by molar-refractivity contribution is 5.84. The molecule has 0 unspecified atom stereocenters. The summed E-state index contributed by atoms with van der Waals surface area (Å²) < 4.78 is 5.90. The first-order chi connectivity index (χ1) is 8.13. The molecule has 0 aliphatic heterocycles. The molecular weight excluding hydrogens is 228 g/mol. The molecule has 0 fully saturated rings. The molecule has 0 atom stereocenters. The van der Waals surface area contributed by atoms with Crippen molar-refractivity contribution in [2.24, 2.45) is 0 Å². The lowest BCUT2D eigenvalue weighted by molar-refractivity contribution is -0.140. The van der Waals surface area contributed by atoms with Crippen molar-refractivity contribution in [3.05, 3.63) is 11.9 Å². The third-order valence-corrected chi connectivity index (χ3v) is 2.01. The van der Waals surface area contributed by atoms with Crippen LogP contribution in [0.25, 0.3) is 0 Å². The number of nitrogens with zero attached hydrogens (tertiary/aromatic N) is 3. The van der Waals surface area contributed by atoms with Crippen molar-refractivity contribution >= 4 is 11.9 Å². The maximum Gasteiger partial charge on any atom is 0.358 e. The molecule has 1 rings (SSSR count). The second-order valence-electron chi connectivity index (χ2n) is 3.25. The second-order valence-corrected chi connectivity index (χ2v) is 3.25. The van der Waals surface area contributed by atoms with Crippen molar-refractivity contribution in [3.63, 3.8) is 0 Å². The maximum atomic E-state index is 10.8. The quantitative estimate of drug-likeness (QED) is 0.472. The zero-order valence-corrected chi connectivity index (χ0v) is 9.42. The van der Waals surface area contributed by atoms with Crippen LogP contribution in [0.5, 0.6) is 0 Å². The zero-order valence-electron chi connectivity index (χ0n) is 9.42. The van der Waals surface area contributed by atoms with Crippen molar-refractivity contribution in [2.45, 2.75) is 13.0 Å². The van der Waals surface area contributed by atoms with E-state index < -0.39 is 5.97 Å². The molecule has 0 aliphatic rings. The van der Waals surface area contributed by atoms with Crippen LogP contribution < -0.4 is 5.32 Å². The van der Waals surface area contributed by atoms with Crippen LogP contribution in [0.3, 0.4) is 0 Å². The van der Waals surface area contributed by atoms with Crippen LogP contribution in [0.15, 0.2) is 6.20 Å². The van der Waals surface area contributed by atoms with E-state index in [1.165, 1.54) is 18.0 Å². The minimum Gasteiger partial charge on any atom is -0.476 e. The van der Waals surface area contributed by atoms with E-state index in [1.807, 2.05) is 0 Å². The lowest BCUT2D eigenvalue weighted by atomic mass is 10.4. The minimum absolute atomic E-state index is 0.0837. The van der Waals surface area contributed by atoms with Crippen molar-refractivity contribution < 1.29 is 19.4 Å². The summed E-state index contributed by atoms with van der Waals surface area (Å²) in [5.74, 6) is -1.37. The van der Waals surface area contributed by atoms with E-state index in [2.05, 4.69) is 20.4 Å². The number of carboxylic acid groups (broad SMARTS) is 1. The number of esters is 1. The summed E-state index contributed by atoms with van der Waals surface area (Å²) in [6, 6.07) is 0. The van der Waals surface area contributed by atoms with Gasteiger partial charge in [0, 0.05) is 13.1 Å². The number of aromatic nitrogens is 3. The minimum atomic E-state index is -1.10.